The van der Waals surface area contributed by atoms with Crippen molar-refractivity contribution in [1.29, 1.82) is 0 Å². The minimum atomic E-state index is 0.0687. The fourth-order valence-electron chi connectivity index (χ4n) is 2.11. The highest BCUT2D eigenvalue weighted by Gasteiger charge is 2.18. The summed E-state index contributed by atoms with van der Waals surface area (Å²) in [5.74, 6) is 0.954. The molecule has 2 heteroatoms. The Morgan fingerprint density at radius 1 is 1.16 bits per heavy atom. The van der Waals surface area contributed by atoms with Crippen molar-refractivity contribution in [3.8, 4) is 5.75 Å². The lowest BCUT2D eigenvalue weighted by Crippen LogP contribution is -2.16. The first-order valence-electron chi connectivity index (χ1n) is 7.43. The predicted octanol–water partition coefficient (Wildman–Crippen LogP) is 4.57. The Bertz CT molecular complexity index is 393. The van der Waals surface area contributed by atoms with Crippen molar-refractivity contribution in [3.63, 3.8) is 0 Å². The molecule has 0 saturated heterocycles. The molecule has 0 amide bonds. The van der Waals surface area contributed by atoms with Gasteiger partial charge < -0.3 is 10.5 Å². The molecular formula is C17H29NO. The van der Waals surface area contributed by atoms with Crippen molar-refractivity contribution in [3.05, 3.63) is 29.3 Å². The zero-order valence-electron chi connectivity index (χ0n) is 13.1. The van der Waals surface area contributed by atoms with Gasteiger partial charge in [0.05, 0.1) is 6.61 Å². The summed E-state index contributed by atoms with van der Waals surface area (Å²) in [4.78, 5) is 0. The summed E-state index contributed by atoms with van der Waals surface area (Å²) in [5, 5.41) is 0. The molecule has 0 saturated carbocycles. The summed E-state index contributed by atoms with van der Waals surface area (Å²) >= 11 is 0. The minimum Gasteiger partial charge on any atom is -0.493 e. The molecular weight excluding hydrogens is 234 g/mol. The van der Waals surface area contributed by atoms with Crippen LogP contribution in [0.5, 0.6) is 5.75 Å². The lowest BCUT2D eigenvalue weighted by Gasteiger charge is -2.23. The SMILES string of the molecule is CCCOc1ccc(C(C)(C)C)cc1C(N)CCC. The van der Waals surface area contributed by atoms with E-state index in [1.807, 2.05) is 0 Å². The fourth-order valence-corrected chi connectivity index (χ4v) is 2.11. The van der Waals surface area contributed by atoms with Crippen molar-refractivity contribution in [2.75, 3.05) is 6.61 Å². The summed E-state index contributed by atoms with van der Waals surface area (Å²) in [6.07, 6.45) is 3.10. The van der Waals surface area contributed by atoms with Crippen LogP contribution in [-0.4, -0.2) is 6.61 Å². The maximum atomic E-state index is 6.31. The average Bonchev–Trinajstić information content (AvgIpc) is 2.35. The minimum absolute atomic E-state index is 0.0687. The number of benzene rings is 1. The smallest absolute Gasteiger partial charge is 0.124 e. The molecule has 1 aromatic carbocycles. The van der Waals surface area contributed by atoms with Gasteiger partial charge >= 0.3 is 0 Å². The Kier molecular flexibility index (Phi) is 5.86. The third kappa shape index (κ3) is 4.54. The number of nitrogens with two attached hydrogens (primary N) is 1. The largest absolute Gasteiger partial charge is 0.493 e. The second-order valence-electron chi connectivity index (χ2n) is 6.25. The Labute approximate surface area is 118 Å². The van der Waals surface area contributed by atoms with Crippen molar-refractivity contribution in [2.45, 2.75) is 65.3 Å². The van der Waals surface area contributed by atoms with Crippen LogP contribution in [0.15, 0.2) is 18.2 Å². The molecule has 0 spiro atoms. The summed E-state index contributed by atoms with van der Waals surface area (Å²) in [6, 6.07) is 6.54. The molecule has 0 aliphatic rings. The van der Waals surface area contributed by atoms with Gasteiger partial charge in [-0.25, -0.2) is 0 Å². The first kappa shape index (κ1) is 16.0. The van der Waals surface area contributed by atoms with Gasteiger partial charge in [-0.15, -0.1) is 0 Å². The molecule has 0 aromatic heterocycles. The van der Waals surface area contributed by atoms with E-state index >= 15 is 0 Å². The van der Waals surface area contributed by atoms with Crippen LogP contribution < -0.4 is 10.5 Å². The first-order valence-corrected chi connectivity index (χ1v) is 7.43. The lowest BCUT2D eigenvalue weighted by atomic mass is 9.85. The van der Waals surface area contributed by atoms with Gasteiger partial charge in [-0.3, -0.25) is 0 Å². The van der Waals surface area contributed by atoms with Crippen LogP contribution >= 0.6 is 0 Å². The van der Waals surface area contributed by atoms with E-state index in [2.05, 4.69) is 52.8 Å². The molecule has 1 rings (SSSR count). The van der Waals surface area contributed by atoms with Gasteiger partial charge in [-0.05, 0) is 29.9 Å². The molecule has 1 aromatic rings. The monoisotopic (exact) mass is 263 g/mol. The maximum Gasteiger partial charge on any atom is 0.124 e. The lowest BCUT2D eigenvalue weighted by molar-refractivity contribution is 0.311. The normalized spacial score (nSPS) is 13.4. The molecule has 0 aliphatic heterocycles. The Balaban J connectivity index is 3.10. The zero-order valence-corrected chi connectivity index (χ0v) is 13.1. The first-order chi connectivity index (χ1) is 8.90. The van der Waals surface area contributed by atoms with Gasteiger partial charge in [0.1, 0.15) is 5.75 Å². The van der Waals surface area contributed by atoms with Crippen molar-refractivity contribution < 1.29 is 4.74 Å². The standard InChI is InChI=1S/C17H29NO/c1-6-8-15(18)14-12-13(17(3,4)5)9-10-16(14)19-11-7-2/h9-10,12,15H,6-8,11,18H2,1-5H3. The molecule has 0 radical (unpaired) electrons. The van der Waals surface area contributed by atoms with Crippen molar-refractivity contribution >= 4 is 0 Å². The van der Waals surface area contributed by atoms with Crippen LogP contribution in [-0.2, 0) is 5.41 Å². The Morgan fingerprint density at radius 2 is 1.84 bits per heavy atom. The summed E-state index contributed by atoms with van der Waals surface area (Å²) < 4.78 is 5.84. The second-order valence-corrected chi connectivity index (χ2v) is 6.25. The molecule has 0 bridgehead atoms. The molecule has 0 aliphatic carbocycles. The summed E-state index contributed by atoms with van der Waals surface area (Å²) in [7, 11) is 0. The number of hydrogen-bond donors (Lipinski definition) is 1. The highest BCUT2D eigenvalue weighted by atomic mass is 16.5. The molecule has 1 unspecified atom stereocenters. The molecule has 2 N–H and O–H groups in total. The van der Waals surface area contributed by atoms with Gasteiger partial charge in [0.25, 0.3) is 0 Å². The number of hydrogen-bond acceptors (Lipinski definition) is 2. The van der Waals surface area contributed by atoms with E-state index in [-0.39, 0.29) is 11.5 Å². The second kappa shape index (κ2) is 6.95. The third-order valence-corrected chi connectivity index (χ3v) is 3.34. The fraction of sp³-hybridized carbons (Fsp3) is 0.647. The molecule has 108 valence electrons. The molecule has 0 heterocycles. The average molecular weight is 263 g/mol. The number of rotatable bonds is 6. The van der Waals surface area contributed by atoms with Crippen LogP contribution in [0.25, 0.3) is 0 Å². The van der Waals surface area contributed by atoms with Crippen LogP contribution in [0.4, 0.5) is 0 Å². The Morgan fingerprint density at radius 3 is 2.37 bits per heavy atom. The van der Waals surface area contributed by atoms with Crippen LogP contribution in [0.1, 0.15) is 71.0 Å². The van der Waals surface area contributed by atoms with E-state index < -0.39 is 0 Å². The Hall–Kier alpha value is -1.02. The van der Waals surface area contributed by atoms with Crippen molar-refractivity contribution in [1.82, 2.24) is 0 Å². The molecule has 2 nitrogen and oxygen atoms in total. The quantitative estimate of drug-likeness (QED) is 0.815. The van der Waals surface area contributed by atoms with E-state index in [9.17, 15) is 0 Å². The van der Waals surface area contributed by atoms with Gasteiger partial charge in [-0.2, -0.15) is 0 Å². The van der Waals surface area contributed by atoms with Gasteiger partial charge in [0.15, 0.2) is 0 Å². The van der Waals surface area contributed by atoms with E-state index in [4.69, 9.17) is 10.5 Å². The highest BCUT2D eigenvalue weighted by molar-refractivity contribution is 5.41. The molecule has 19 heavy (non-hydrogen) atoms. The third-order valence-electron chi connectivity index (χ3n) is 3.34. The van der Waals surface area contributed by atoms with Gasteiger partial charge in [0.2, 0.25) is 0 Å². The van der Waals surface area contributed by atoms with Gasteiger partial charge in [-0.1, -0.05) is 53.2 Å². The predicted molar refractivity (Wildman–Crippen MR) is 82.8 cm³/mol. The zero-order chi connectivity index (χ0) is 14.5. The maximum absolute atomic E-state index is 6.31. The van der Waals surface area contributed by atoms with E-state index in [1.165, 1.54) is 5.56 Å². The summed E-state index contributed by atoms with van der Waals surface area (Å²) in [6.45, 7) is 11.7. The number of ether oxygens (including phenoxy) is 1. The van der Waals surface area contributed by atoms with E-state index in [0.717, 1.165) is 37.2 Å². The van der Waals surface area contributed by atoms with Crippen LogP contribution in [0, 0.1) is 0 Å². The van der Waals surface area contributed by atoms with Crippen LogP contribution in [0.2, 0.25) is 0 Å². The van der Waals surface area contributed by atoms with Crippen LogP contribution in [0.3, 0.4) is 0 Å². The van der Waals surface area contributed by atoms with Crippen molar-refractivity contribution in [2.24, 2.45) is 5.73 Å². The van der Waals surface area contributed by atoms with E-state index in [0.29, 0.717) is 0 Å². The topological polar surface area (TPSA) is 35.2 Å². The molecule has 0 fully saturated rings. The van der Waals surface area contributed by atoms with Gasteiger partial charge in [0, 0.05) is 11.6 Å². The molecule has 1 atom stereocenters. The highest BCUT2D eigenvalue weighted by Crippen LogP contribution is 2.32. The van der Waals surface area contributed by atoms with E-state index in [1.54, 1.807) is 0 Å². The summed E-state index contributed by atoms with van der Waals surface area (Å²) in [5.41, 5.74) is 8.93.